The van der Waals surface area contributed by atoms with Crippen LogP contribution < -0.4 is 0 Å². The molecule has 25 heavy (non-hydrogen) atoms. The van der Waals surface area contributed by atoms with E-state index in [0.717, 1.165) is 28.4 Å². The summed E-state index contributed by atoms with van der Waals surface area (Å²) in [5.74, 6) is 1.55. The van der Waals surface area contributed by atoms with E-state index in [2.05, 4.69) is 15.1 Å². The van der Waals surface area contributed by atoms with Gasteiger partial charge in [0.2, 0.25) is 5.91 Å². The minimum Gasteiger partial charge on any atom is -0.367 e. The normalized spacial score (nSPS) is 17.8. The molecule has 7 heteroatoms. The van der Waals surface area contributed by atoms with Gasteiger partial charge in [-0.05, 0) is 40.2 Å². The lowest BCUT2D eigenvalue weighted by molar-refractivity contribution is -0.139. The molecule has 1 fully saturated rings. The molecule has 1 atom stereocenters. The minimum absolute atomic E-state index is 0.109. The van der Waals surface area contributed by atoms with E-state index < -0.39 is 0 Å². The Morgan fingerprint density at radius 3 is 2.60 bits per heavy atom. The fraction of sp³-hybridized carbons (Fsp3) is 0.556. The van der Waals surface area contributed by atoms with Crippen LogP contribution in [-0.2, 0) is 16.0 Å². The highest BCUT2D eigenvalue weighted by atomic mass is 16.5. The summed E-state index contributed by atoms with van der Waals surface area (Å²) in [6.45, 7) is 9.24. The molecule has 0 radical (unpaired) electrons. The average molecular weight is 344 g/mol. The molecule has 134 valence electrons. The lowest BCUT2D eigenvalue weighted by Gasteiger charge is -2.32. The van der Waals surface area contributed by atoms with Crippen LogP contribution in [0.1, 0.15) is 46.8 Å². The summed E-state index contributed by atoms with van der Waals surface area (Å²) in [5, 5.41) is 3.94. The summed E-state index contributed by atoms with van der Waals surface area (Å²) in [6.07, 6.45) is 0.807. The minimum atomic E-state index is -0.268. The fourth-order valence-electron chi connectivity index (χ4n) is 3.18. The molecule has 0 spiro atoms. The van der Waals surface area contributed by atoms with Crippen molar-refractivity contribution in [2.24, 2.45) is 0 Å². The molecule has 0 aliphatic carbocycles. The first kappa shape index (κ1) is 17.5. The topological polar surface area (TPSA) is 81.4 Å². The number of aromatic nitrogens is 3. The van der Waals surface area contributed by atoms with Crippen LogP contribution in [0.25, 0.3) is 0 Å². The standard InChI is InChI=1S/C18H24N4O3/c1-11-9-12(2)20-18(19-11)16-10-22(7-8-24-16)17(23)6-5-15-13(3)21-25-14(15)4/h9,16H,5-8,10H2,1-4H3/t16-/m0/s1. The van der Waals surface area contributed by atoms with Gasteiger partial charge in [-0.2, -0.15) is 0 Å². The number of rotatable bonds is 4. The summed E-state index contributed by atoms with van der Waals surface area (Å²) in [6, 6.07) is 1.93. The summed E-state index contributed by atoms with van der Waals surface area (Å²) in [7, 11) is 0. The van der Waals surface area contributed by atoms with E-state index in [4.69, 9.17) is 9.26 Å². The zero-order valence-corrected chi connectivity index (χ0v) is 15.2. The molecule has 2 aromatic heterocycles. The maximum absolute atomic E-state index is 12.6. The number of ether oxygens (including phenoxy) is 1. The second-order valence-corrected chi connectivity index (χ2v) is 6.51. The molecule has 2 aromatic rings. The van der Waals surface area contributed by atoms with Crippen molar-refractivity contribution in [2.45, 2.75) is 46.6 Å². The van der Waals surface area contributed by atoms with E-state index in [1.54, 1.807) is 0 Å². The van der Waals surface area contributed by atoms with E-state index in [1.807, 2.05) is 38.7 Å². The Kier molecular flexibility index (Phi) is 5.13. The molecule has 3 heterocycles. The third kappa shape index (κ3) is 4.04. The Labute approximate surface area is 147 Å². The van der Waals surface area contributed by atoms with E-state index >= 15 is 0 Å². The second-order valence-electron chi connectivity index (χ2n) is 6.51. The predicted octanol–water partition coefficient (Wildman–Crippen LogP) is 2.23. The van der Waals surface area contributed by atoms with Gasteiger partial charge in [0, 0.05) is 29.9 Å². The Hall–Kier alpha value is -2.28. The lowest BCUT2D eigenvalue weighted by Crippen LogP contribution is -2.42. The van der Waals surface area contributed by atoms with E-state index in [1.165, 1.54) is 0 Å². The van der Waals surface area contributed by atoms with Crippen LogP contribution in [0.4, 0.5) is 0 Å². The summed E-state index contributed by atoms with van der Waals surface area (Å²) < 4.78 is 11.0. The van der Waals surface area contributed by atoms with Crippen molar-refractivity contribution >= 4 is 5.91 Å². The number of hydrogen-bond acceptors (Lipinski definition) is 6. The van der Waals surface area contributed by atoms with Gasteiger partial charge in [-0.25, -0.2) is 9.97 Å². The zero-order valence-electron chi connectivity index (χ0n) is 15.2. The third-order valence-corrected chi connectivity index (χ3v) is 4.48. The number of nitrogens with zero attached hydrogens (tertiary/aromatic N) is 4. The monoisotopic (exact) mass is 344 g/mol. The van der Waals surface area contributed by atoms with Crippen LogP contribution in [-0.4, -0.2) is 45.6 Å². The van der Waals surface area contributed by atoms with Gasteiger partial charge in [-0.15, -0.1) is 0 Å². The van der Waals surface area contributed by atoms with Crippen molar-refractivity contribution in [3.8, 4) is 0 Å². The fourth-order valence-corrected chi connectivity index (χ4v) is 3.18. The van der Waals surface area contributed by atoms with Crippen molar-refractivity contribution in [3.05, 3.63) is 40.3 Å². The Balaban J connectivity index is 1.63. The first-order valence-corrected chi connectivity index (χ1v) is 8.57. The Bertz CT molecular complexity index is 732. The van der Waals surface area contributed by atoms with Gasteiger partial charge in [-0.1, -0.05) is 5.16 Å². The molecule has 0 aromatic carbocycles. The van der Waals surface area contributed by atoms with E-state index in [-0.39, 0.29) is 12.0 Å². The first-order chi connectivity index (χ1) is 11.9. The lowest BCUT2D eigenvalue weighted by atomic mass is 10.1. The highest BCUT2D eigenvalue weighted by Crippen LogP contribution is 2.21. The van der Waals surface area contributed by atoms with Gasteiger partial charge in [0.1, 0.15) is 11.9 Å². The SMILES string of the molecule is Cc1cc(C)nc([C@@H]2CN(C(=O)CCc3c(C)noc3C)CCO2)n1. The van der Waals surface area contributed by atoms with Crippen molar-refractivity contribution in [3.63, 3.8) is 0 Å². The summed E-state index contributed by atoms with van der Waals surface area (Å²) >= 11 is 0. The van der Waals surface area contributed by atoms with Crippen molar-refractivity contribution in [1.82, 2.24) is 20.0 Å². The predicted molar refractivity (Wildman–Crippen MR) is 91.1 cm³/mol. The third-order valence-electron chi connectivity index (χ3n) is 4.48. The molecule has 1 amide bonds. The molecule has 0 N–H and O–H groups in total. The number of carbonyl (C=O) groups excluding carboxylic acids is 1. The van der Waals surface area contributed by atoms with Gasteiger partial charge < -0.3 is 14.2 Å². The largest absolute Gasteiger partial charge is 0.367 e. The summed E-state index contributed by atoms with van der Waals surface area (Å²) in [4.78, 5) is 23.4. The highest BCUT2D eigenvalue weighted by molar-refractivity contribution is 5.76. The first-order valence-electron chi connectivity index (χ1n) is 8.57. The van der Waals surface area contributed by atoms with Crippen molar-refractivity contribution in [2.75, 3.05) is 19.7 Å². The molecule has 0 bridgehead atoms. The van der Waals surface area contributed by atoms with Gasteiger partial charge in [0.25, 0.3) is 0 Å². The van der Waals surface area contributed by atoms with Crippen LogP contribution in [0, 0.1) is 27.7 Å². The number of hydrogen-bond donors (Lipinski definition) is 0. The molecule has 1 aliphatic heterocycles. The van der Waals surface area contributed by atoms with Crippen molar-refractivity contribution in [1.29, 1.82) is 0 Å². The molecule has 3 rings (SSSR count). The van der Waals surface area contributed by atoms with Crippen molar-refractivity contribution < 1.29 is 14.1 Å². The van der Waals surface area contributed by atoms with Crippen LogP contribution in [0.5, 0.6) is 0 Å². The molecular weight excluding hydrogens is 320 g/mol. The van der Waals surface area contributed by atoms with Gasteiger partial charge in [0.15, 0.2) is 5.82 Å². The van der Waals surface area contributed by atoms with Crippen LogP contribution >= 0.6 is 0 Å². The zero-order chi connectivity index (χ0) is 18.0. The van der Waals surface area contributed by atoms with Gasteiger partial charge in [-0.3, -0.25) is 4.79 Å². The Morgan fingerprint density at radius 2 is 1.96 bits per heavy atom. The van der Waals surface area contributed by atoms with Crippen LogP contribution in [0.2, 0.25) is 0 Å². The van der Waals surface area contributed by atoms with E-state index in [0.29, 0.717) is 38.4 Å². The summed E-state index contributed by atoms with van der Waals surface area (Å²) in [5.41, 5.74) is 3.70. The van der Waals surface area contributed by atoms with Gasteiger partial charge in [0.05, 0.1) is 18.8 Å². The van der Waals surface area contributed by atoms with E-state index in [9.17, 15) is 4.79 Å². The molecule has 7 nitrogen and oxygen atoms in total. The number of carbonyl (C=O) groups is 1. The molecule has 0 saturated carbocycles. The smallest absolute Gasteiger partial charge is 0.223 e. The second kappa shape index (κ2) is 7.31. The highest BCUT2D eigenvalue weighted by Gasteiger charge is 2.27. The number of morpholine rings is 1. The quantitative estimate of drug-likeness (QED) is 0.846. The molecule has 0 unspecified atom stereocenters. The molecule has 1 aliphatic rings. The maximum Gasteiger partial charge on any atom is 0.223 e. The number of amides is 1. The average Bonchev–Trinajstić information content (AvgIpc) is 2.90. The number of aryl methyl sites for hydroxylation is 4. The van der Waals surface area contributed by atoms with Crippen LogP contribution in [0.15, 0.2) is 10.6 Å². The Morgan fingerprint density at radius 1 is 1.24 bits per heavy atom. The molecule has 1 saturated heterocycles. The molecular formula is C18H24N4O3. The maximum atomic E-state index is 12.6. The van der Waals surface area contributed by atoms with Crippen LogP contribution in [0.3, 0.4) is 0 Å². The van der Waals surface area contributed by atoms with Gasteiger partial charge >= 0.3 is 0 Å².